The molecular formula is C13H11BrO6. The molecule has 0 aliphatic heterocycles. The van der Waals surface area contributed by atoms with E-state index in [-0.39, 0.29) is 16.3 Å². The Bertz CT molecular complexity index is 708. The third-order valence-electron chi connectivity index (χ3n) is 2.83. The Morgan fingerprint density at radius 3 is 2.60 bits per heavy atom. The second kappa shape index (κ2) is 5.74. The molecule has 0 aliphatic carbocycles. The lowest BCUT2D eigenvalue weighted by molar-refractivity contribution is 0.0343. The number of fused-ring (bicyclic) bond motifs is 1. The van der Waals surface area contributed by atoms with Crippen molar-refractivity contribution in [3.05, 3.63) is 45.8 Å². The number of carboxylic acid groups (broad SMARTS) is 1. The molecule has 20 heavy (non-hydrogen) atoms. The van der Waals surface area contributed by atoms with Crippen LogP contribution in [0.25, 0.3) is 11.0 Å². The average molecular weight is 343 g/mol. The van der Waals surface area contributed by atoms with Crippen LogP contribution in [-0.2, 0) is 0 Å². The number of benzene rings is 1. The average Bonchev–Trinajstić information content (AvgIpc) is 2.45. The van der Waals surface area contributed by atoms with Gasteiger partial charge in [-0.3, -0.25) is 4.79 Å². The first-order valence-corrected chi connectivity index (χ1v) is 6.79. The maximum absolute atomic E-state index is 11.8. The molecule has 0 fully saturated rings. The van der Waals surface area contributed by atoms with Crippen molar-refractivity contribution in [2.24, 2.45) is 0 Å². The smallest absolute Gasteiger partial charge is 0.371 e. The number of aliphatic hydroxyl groups is 2. The first-order chi connectivity index (χ1) is 9.43. The lowest BCUT2D eigenvalue weighted by atomic mass is 10.0. The van der Waals surface area contributed by atoms with Crippen LogP contribution in [0.15, 0.2) is 33.5 Å². The van der Waals surface area contributed by atoms with Crippen molar-refractivity contribution in [2.75, 3.05) is 5.33 Å². The molecule has 1 aromatic heterocycles. The van der Waals surface area contributed by atoms with E-state index in [0.717, 1.165) is 6.07 Å². The van der Waals surface area contributed by atoms with Crippen molar-refractivity contribution in [2.45, 2.75) is 12.2 Å². The SMILES string of the molecule is O=C(O)c1cc(=O)c2cc(C(O)C(O)CBr)ccc2o1. The van der Waals surface area contributed by atoms with Crippen LogP contribution >= 0.6 is 15.9 Å². The van der Waals surface area contributed by atoms with Crippen LogP contribution in [0.1, 0.15) is 22.2 Å². The standard InChI is InChI=1S/C13H11BrO6/c14-5-9(16)12(17)6-1-2-10-7(3-6)8(15)4-11(20-10)13(18)19/h1-4,9,12,16-17H,5H2,(H,18,19). The molecule has 0 aliphatic rings. The van der Waals surface area contributed by atoms with Crippen LogP contribution in [0.2, 0.25) is 0 Å². The van der Waals surface area contributed by atoms with Gasteiger partial charge in [-0.2, -0.15) is 0 Å². The highest BCUT2D eigenvalue weighted by atomic mass is 79.9. The largest absolute Gasteiger partial charge is 0.475 e. The zero-order valence-electron chi connectivity index (χ0n) is 10.1. The molecule has 2 aromatic rings. The lowest BCUT2D eigenvalue weighted by Gasteiger charge is -2.16. The normalized spacial score (nSPS) is 14.2. The van der Waals surface area contributed by atoms with Gasteiger partial charge in [0.25, 0.3) is 0 Å². The fourth-order valence-electron chi connectivity index (χ4n) is 1.77. The Kier molecular flexibility index (Phi) is 4.22. The van der Waals surface area contributed by atoms with E-state index >= 15 is 0 Å². The highest BCUT2D eigenvalue weighted by molar-refractivity contribution is 9.09. The van der Waals surface area contributed by atoms with E-state index in [1.54, 1.807) is 0 Å². The van der Waals surface area contributed by atoms with E-state index in [1.807, 2.05) is 0 Å². The summed E-state index contributed by atoms with van der Waals surface area (Å²) in [6.07, 6.45) is -2.17. The first kappa shape index (κ1) is 14.7. The number of carboxylic acids is 1. The van der Waals surface area contributed by atoms with Crippen LogP contribution < -0.4 is 5.43 Å². The molecular weight excluding hydrogens is 332 g/mol. The van der Waals surface area contributed by atoms with E-state index in [0.29, 0.717) is 5.56 Å². The Labute approximate surface area is 121 Å². The minimum atomic E-state index is -1.33. The Morgan fingerprint density at radius 1 is 1.30 bits per heavy atom. The molecule has 0 radical (unpaired) electrons. The molecule has 2 atom stereocenters. The zero-order valence-corrected chi connectivity index (χ0v) is 11.7. The number of hydrogen-bond donors (Lipinski definition) is 3. The number of alkyl halides is 1. The summed E-state index contributed by atoms with van der Waals surface area (Å²) in [4.78, 5) is 22.6. The number of halogens is 1. The lowest BCUT2D eigenvalue weighted by Crippen LogP contribution is -2.19. The molecule has 1 heterocycles. The maximum Gasteiger partial charge on any atom is 0.371 e. The van der Waals surface area contributed by atoms with Crippen molar-refractivity contribution in [1.82, 2.24) is 0 Å². The van der Waals surface area contributed by atoms with Gasteiger partial charge in [0.2, 0.25) is 5.76 Å². The van der Waals surface area contributed by atoms with Crippen LogP contribution in [0, 0.1) is 0 Å². The minimum absolute atomic E-state index is 0.110. The fraction of sp³-hybridized carbons (Fsp3) is 0.231. The summed E-state index contributed by atoms with van der Waals surface area (Å²) in [6, 6.07) is 5.11. The van der Waals surface area contributed by atoms with Crippen molar-refractivity contribution in [3.8, 4) is 0 Å². The summed E-state index contributed by atoms with van der Waals surface area (Å²) in [6.45, 7) is 0. The summed E-state index contributed by atoms with van der Waals surface area (Å²) < 4.78 is 5.07. The Hall–Kier alpha value is -1.70. The van der Waals surface area contributed by atoms with Gasteiger partial charge >= 0.3 is 5.97 Å². The van der Waals surface area contributed by atoms with Gasteiger partial charge in [0.1, 0.15) is 11.7 Å². The minimum Gasteiger partial charge on any atom is -0.475 e. The van der Waals surface area contributed by atoms with Crippen molar-refractivity contribution in [1.29, 1.82) is 0 Å². The topological polar surface area (TPSA) is 108 Å². The summed E-state index contributed by atoms with van der Waals surface area (Å²) in [5, 5.41) is 28.6. The van der Waals surface area contributed by atoms with E-state index in [9.17, 15) is 19.8 Å². The third-order valence-corrected chi connectivity index (χ3v) is 3.49. The molecule has 2 unspecified atom stereocenters. The Balaban J connectivity index is 2.55. The van der Waals surface area contributed by atoms with Crippen LogP contribution in [-0.4, -0.2) is 32.7 Å². The number of aromatic carboxylic acids is 1. The summed E-state index contributed by atoms with van der Waals surface area (Å²) in [7, 11) is 0. The summed E-state index contributed by atoms with van der Waals surface area (Å²) in [5.41, 5.74) is -0.0648. The van der Waals surface area contributed by atoms with Crippen LogP contribution in [0.4, 0.5) is 0 Å². The third kappa shape index (κ3) is 2.74. The van der Waals surface area contributed by atoms with E-state index in [4.69, 9.17) is 9.52 Å². The van der Waals surface area contributed by atoms with Gasteiger partial charge in [-0.05, 0) is 17.7 Å². The second-order valence-electron chi connectivity index (χ2n) is 4.20. The van der Waals surface area contributed by atoms with Gasteiger partial charge < -0.3 is 19.7 Å². The molecule has 106 valence electrons. The van der Waals surface area contributed by atoms with Gasteiger partial charge in [0.15, 0.2) is 5.43 Å². The van der Waals surface area contributed by atoms with Gasteiger partial charge in [-0.1, -0.05) is 22.0 Å². The molecule has 0 saturated carbocycles. The molecule has 0 bridgehead atoms. The van der Waals surface area contributed by atoms with Crippen molar-refractivity contribution in [3.63, 3.8) is 0 Å². The second-order valence-corrected chi connectivity index (χ2v) is 4.85. The molecule has 6 nitrogen and oxygen atoms in total. The van der Waals surface area contributed by atoms with E-state index in [1.165, 1.54) is 18.2 Å². The van der Waals surface area contributed by atoms with Crippen molar-refractivity contribution >= 4 is 32.9 Å². The van der Waals surface area contributed by atoms with Gasteiger partial charge in [-0.25, -0.2) is 4.79 Å². The highest BCUT2D eigenvalue weighted by Gasteiger charge is 2.19. The highest BCUT2D eigenvalue weighted by Crippen LogP contribution is 2.22. The number of rotatable bonds is 4. The zero-order chi connectivity index (χ0) is 14.9. The monoisotopic (exact) mass is 342 g/mol. The van der Waals surface area contributed by atoms with E-state index in [2.05, 4.69) is 15.9 Å². The van der Waals surface area contributed by atoms with Crippen LogP contribution in [0.3, 0.4) is 0 Å². The quantitative estimate of drug-likeness (QED) is 0.722. The fourth-order valence-corrected chi connectivity index (χ4v) is 2.12. The molecule has 1 aromatic carbocycles. The molecule has 0 amide bonds. The molecule has 0 saturated heterocycles. The molecule has 3 N–H and O–H groups in total. The maximum atomic E-state index is 11.8. The number of carbonyl (C=O) groups is 1. The summed E-state index contributed by atoms with van der Waals surface area (Å²) in [5.74, 6) is -1.78. The summed E-state index contributed by atoms with van der Waals surface area (Å²) >= 11 is 3.05. The first-order valence-electron chi connectivity index (χ1n) is 5.67. The van der Waals surface area contributed by atoms with Gasteiger partial charge in [-0.15, -0.1) is 0 Å². The predicted molar refractivity (Wildman–Crippen MR) is 74.2 cm³/mol. The number of aliphatic hydroxyl groups excluding tert-OH is 2. The molecule has 0 spiro atoms. The van der Waals surface area contributed by atoms with Gasteiger partial charge in [0.05, 0.1) is 11.5 Å². The molecule has 2 rings (SSSR count). The van der Waals surface area contributed by atoms with Gasteiger partial charge in [0, 0.05) is 11.4 Å². The van der Waals surface area contributed by atoms with E-state index < -0.39 is 29.4 Å². The predicted octanol–water partition coefficient (Wildman–Crippen LogP) is 1.28. The van der Waals surface area contributed by atoms with Crippen LogP contribution in [0.5, 0.6) is 0 Å². The molecule has 7 heteroatoms. The number of hydrogen-bond acceptors (Lipinski definition) is 5. The Morgan fingerprint density at radius 2 is 2.00 bits per heavy atom. The van der Waals surface area contributed by atoms with Crippen molar-refractivity contribution < 1.29 is 24.5 Å².